The molecule has 210 valence electrons. The fourth-order valence-corrected chi connectivity index (χ4v) is 6.06. The molecule has 0 radical (unpaired) electrons. The van der Waals surface area contributed by atoms with Crippen molar-refractivity contribution in [2.45, 2.75) is 57.3 Å². The van der Waals surface area contributed by atoms with E-state index in [2.05, 4.69) is 20.5 Å². The number of anilines is 1. The van der Waals surface area contributed by atoms with E-state index < -0.39 is 0 Å². The Balaban J connectivity index is 1.20. The zero-order valence-corrected chi connectivity index (χ0v) is 23.4. The topological polar surface area (TPSA) is 102 Å². The lowest BCUT2D eigenvalue weighted by atomic mass is 9.96. The van der Waals surface area contributed by atoms with Crippen molar-refractivity contribution in [2.75, 3.05) is 26.2 Å². The third-order valence-electron chi connectivity index (χ3n) is 8.02. The summed E-state index contributed by atoms with van der Waals surface area (Å²) in [4.78, 5) is 32.9. The van der Waals surface area contributed by atoms with Gasteiger partial charge in [-0.3, -0.25) is 9.59 Å². The normalized spacial score (nSPS) is 19.6. The first-order valence-electron chi connectivity index (χ1n) is 13.6. The lowest BCUT2D eigenvalue weighted by Crippen LogP contribution is -2.50. The number of hydrogen-bond donors (Lipinski definition) is 2. The minimum Gasteiger partial charge on any atom is -0.496 e. The molecule has 2 N–H and O–H groups in total. The van der Waals surface area contributed by atoms with Crippen molar-refractivity contribution >= 4 is 17.6 Å². The quantitative estimate of drug-likeness (QED) is 0.415. The van der Waals surface area contributed by atoms with Crippen LogP contribution in [0.5, 0.6) is 17.2 Å². The number of piperidine rings is 1. The summed E-state index contributed by atoms with van der Waals surface area (Å²) >= 11 is 0. The number of rotatable bonds is 9. The summed E-state index contributed by atoms with van der Waals surface area (Å²) in [6.45, 7) is 2.21. The Morgan fingerprint density at radius 2 is 1.60 bits per heavy atom. The summed E-state index contributed by atoms with van der Waals surface area (Å²) in [5, 5.41) is 6.20. The Kier molecular flexibility index (Phi) is 8.09. The van der Waals surface area contributed by atoms with Crippen LogP contribution in [-0.2, 0) is 6.54 Å². The van der Waals surface area contributed by atoms with Crippen molar-refractivity contribution in [1.82, 2.24) is 15.6 Å². The van der Waals surface area contributed by atoms with E-state index >= 15 is 0 Å². The van der Waals surface area contributed by atoms with Gasteiger partial charge in [-0.1, -0.05) is 18.2 Å². The maximum absolute atomic E-state index is 13.1. The van der Waals surface area contributed by atoms with Gasteiger partial charge in [0.1, 0.15) is 11.6 Å². The monoisotopic (exact) mass is 544 g/mol. The fraction of sp³-hybridized carbons (Fsp3) is 0.387. The number of fused-ring (bicyclic) bond motifs is 2. The largest absolute Gasteiger partial charge is 0.496 e. The number of amides is 2. The van der Waals surface area contributed by atoms with Crippen molar-refractivity contribution in [3.8, 4) is 17.2 Å². The highest BCUT2D eigenvalue weighted by molar-refractivity contribution is 5.96. The minimum absolute atomic E-state index is 0.0608. The molecule has 3 atom stereocenters. The molecule has 2 saturated heterocycles. The Hall–Kier alpha value is -4.27. The molecule has 3 aromatic rings. The van der Waals surface area contributed by atoms with Crippen LogP contribution in [0, 0.1) is 6.92 Å². The summed E-state index contributed by atoms with van der Waals surface area (Å²) in [6, 6.07) is 15.6. The third kappa shape index (κ3) is 5.41. The lowest BCUT2D eigenvalue weighted by Gasteiger charge is -2.40. The molecule has 2 bridgehead atoms. The lowest BCUT2D eigenvalue weighted by molar-refractivity contribution is 0.0923. The van der Waals surface area contributed by atoms with Crippen molar-refractivity contribution in [3.63, 3.8) is 0 Å². The van der Waals surface area contributed by atoms with Crippen LogP contribution in [0.15, 0.2) is 54.7 Å². The highest BCUT2D eigenvalue weighted by atomic mass is 16.5. The molecule has 9 nitrogen and oxygen atoms in total. The predicted octanol–water partition coefficient (Wildman–Crippen LogP) is 4.28. The molecule has 40 heavy (non-hydrogen) atoms. The second kappa shape index (κ2) is 11.9. The molecule has 0 spiro atoms. The number of nitrogens with zero attached hydrogens (tertiary/aromatic N) is 2. The van der Waals surface area contributed by atoms with Gasteiger partial charge < -0.3 is 29.7 Å². The molecule has 5 rings (SSSR count). The van der Waals surface area contributed by atoms with Crippen molar-refractivity contribution < 1.29 is 23.8 Å². The van der Waals surface area contributed by atoms with Crippen LogP contribution in [-0.4, -0.2) is 56.3 Å². The van der Waals surface area contributed by atoms with Gasteiger partial charge in [0.05, 0.1) is 26.9 Å². The number of ether oxygens (including phenoxy) is 3. The number of carbonyl (C=O) groups excluding carboxylic acids is 2. The van der Waals surface area contributed by atoms with Crippen LogP contribution in [0.25, 0.3) is 0 Å². The van der Waals surface area contributed by atoms with Gasteiger partial charge in [0.25, 0.3) is 11.8 Å². The van der Waals surface area contributed by atoms with E-state index in [1.54, 1.807) is 27.5 Å². The van der Waals surface area contributed by atoms with E-state index in [0.29, 0.717) is 47.0 Å². The SMILES string of the molecule is COc1cccc(C(=O)N[C@H]2C[C@H]3CC[C@@H](C2)N3c2ccc(C(=O)NCc3cccc(OC)c3OC)cn2)c1C. The third-order valence-corrected chi connectivity index (χ3v) is 8.02. The first-order chi connectivity index (χ1) is 19.4. The fourth-order valence-electron chi connectivity index (χ4n) is 6.06. The molecule has 2 aromatic carbocycles. The molecule has 3 heterocycles. The summed E-state index contributed by atoms with van der Waals surface area (Å²) in [7, 11) is 4.78. The zero-order chi connectivity index (χ0) is 28.2. The van der Waals surface area contributed by atoms with E-state index in [9.17, 15) is 9.59 Å². The molecular formula is C31H36N4O5. The number of carbonyl (C=O) groups is 2. The number of hydrogen-bond acceptors (Lipinski definition) is 7. The van der Waals surface area contributed by atoms with Crippen LogP contribution in [0.3, 0.4) is 0 Å². The summed E-state index contributed by atoms with van der Waals surface area (Å²) in [5.74, 6) is 2.54. The van der Waals surface area contributed by atoms with Gasteiger partial charge in [-0.15, -0.1) is 0 Å². The highest BCUT2D eigenvalue weighted by Crippen LogP contribution is 2.39. The molecule has 2 amide bonds. The Bertz CT molecular complexity index is 1360. The van der Waals surface area contributed by atoms with Crippen molar-refractivity contribution in [3.05, 3.63) is 77.0 Å². The van der Waals surface area contributed by atoms with Crippen LogP contribution in [0.4, 0.5) is 5.82 Å². The van der Waals surface area contributed by atoms with E-state index in [1.165, 1.54) is 0 Å². The second-order valence-corrected chi connectivity index (χ2v) is 10.3. The van der Waals surface area contributed by atoms with Crippen LogP contribution >= 0.6 is 0 Å². The predicted molar refractivity (Wildman–Crippen MR) is 152 cm³/mol. The standard InChI is InChI=1S/C31H36N4O5/c1-19-25(8-6-9-26(19)38-2)31(37)34-22-15-23-12-13-24(16-22)35(23)28-14-11-21(18-32-28)30(36)33-17-20-7-5-10-27(39-3)29(20)40-4/h5-11,14,18,22-24H,12-13,15-17H2,1-4H3,(H,33,36)(H,34,37)/t22-,23+,24-. The number of benzene rings is 2. The number of methoxy groups -OCH3 is 3. The van der Waals surface area contributed by atoms with Crippen LogP contribution in [0.1, 0.15) is 57.5 Å². The Labute approximate surface area is 234 Å². The summed E-state index contributed by atoms with van der Waals surface area (Å²) in [5.41, 5.74) is 2.81. The van der Waals surface area contributed by atoms with Crippen molar-refractivity contribution in [2.24, 2.45) is 0 Å². The molecule has 0 saturated carbocycles. The first-order valence-corrected chi connectivity index (χ1v) is 13.6. The summed E-state index contributed by atoms with van der Waals surface area (Å²) < 4.78 is 16.2. The molecule has 0 unspecified atom stereocenters. The average molecular weight is 545 g/mol. The van der Waals surface area contributed by atoms with Gasteiger partial charge in [-0.25, -0.2) is 4.98 Å². The van der Waals surface area contributed by atoms with Crippen molar-refractivity contribution in [1.29, 1.82) is 0 Å². The van der Waals surface area contributed by atoms with Crippen LogP contribution < -0.4 is 29.7 Å². The molecular weight excluding hydrogens is 508 g/mol. The van der Waals surface area contributed by atoms with E-state index in [-0.39, 0.29) is 17.9 Å². The number of pyridine rings is 1. The first kappa shape index (κ1) is 27.3. The van der Waals surface area contributed by atoms with Gasteiger partial charge in [-0.2, -0.15) is 0 Å². The van der Waals surface area contributed by atoms with Gasteiger partial charge in [0, 0.05) is 47.6 Å². The molecule has 0 aliphatic carbocycles. The number of aromatic nitrogens is 1. The number of nitrogens with one attached hydrogen (secondary N) is 2. The van der Waals surface area contributed by atoms with Gasteiger partial charge in [-0.05, 0) is 62.9 Å². The van der Waals surface area contributed by atoms with E-state index in [1.807, 2.05) is 55.5 Å². The molecule has 1 aromatic heterocycles. The maximum atomic E-state index is 13.1. The second-order valence-electron chi connectivity index (χ2n) is 10.3. The molecule has 2 fully saturated rings. The van der Waals surface area contributed by atoms with Gasteiger partial charge >= 0.3 is 0 Å². The number of para-hydroxylation sites is 1. The minimum atomic E-state index is -0.207. The average Bonchev–Trinajstić information content (AvgIpc) is 3.25. The zero-order valence-electron chi connectivity index (χ0n) is 23.4. The molecule has 2 aliphatic heterocycles. The smallest absolute Gasteiger partial charge is 0.253 e. The molecule has 2 aliphatic rings. The maximum Gasteiger partial charge on any atom is 0.253 e. The van der Waals surface area contributed by atoms with Gasteiger partial charge in [0.15, 0.2) is 11.5 Å². The van der Waals surface area contributed by atoms with E-state index in [4.69, 9.17) is 14.2 Å². The Morgan fingerprint density at radius 3 is 2.25 bits per heavy atom. The van der Waals surface area contributed by atoms with Crippen LogP contribution in [0.2, 0.25) is 0 Å². The molecule has 9 heteroatoms. The summed E-state index contributed by atoms with van der Waals surface area (Å²) in [6.07, 6.45) is 5.46. The van der Waals surface area contributed by atoms with E-state index in [0.717, 1.165) is 42.6 Å². The highest BCUT2D eigenvalue weighted by Gasteiger charge is 2.42. The van der Waals surface area contributed by atoms with Gasteiger partial charge in [0.2, 0.25) is 0 Å². The Morgan fingerprint density at radius 1 is 0.900 bits per heavy atom.